The summed E-state index contributed by atoms with van der Waals surface area (Å²) in [5.74, 6) is 0.250. The number of halogens is 1. The molecule has 0 bridgehead atoms. The fraction of sp³-hybridized carbons (Fsp3) is 0.133. The van der Waals surface area contributed by atoms with Crippen LogP contribution < -0.4 is 10.9 Å². The standard InChI is InChI=1S/C15H15ClN4O2S/c1-8-4-3-5-9(2)14(8)20-12-7-13(23(18,21)22)10(16)6-11(12)19-15(20)17/h3-7H,1-2H3,(H2,17,19)(H2,18,21,22). The van der Waals surface area contributed by atoms with E-state index in [0.29, 0.717) is 11.0 Å². The molecule has 0 radical (unpaired) electrons. The van der Waals surface area contributed by atoms with Crippen LogP contribution in [0.15, 0.2) is 35.2 Å². The summed E-state index contributed by atoms with van der Waals surface area (Å²) in [5.41, 5.74) is 9.93. The van der Waals surface area contributed by atoms with Gasteiger partial charge in [-0.1, -0.05) is 29.8 Å². The molecular formula is C15H15ClN4O2S. The number of rotatable bonds is 2. The number of hydrogen-bond donors (Lipinski definition) is 2. The molecule has 0 aliphatic rings. The van der Waals surface area contributed by atoms with Crippen LogP contribution in [0.3, 0.4) is 0 Å². The summed E-state index contributed by atoms with van der Waals surface area (Å²) >= 11 is 6.01. The second-order valence-electron chi connectivity index (χ2n) is 5.36. The predicted molar refractivity (Wildman–Crippen MR) is 91.3 cm³/mol. The Kier molecular flexibility index (Phi) is 3.59. The van der Waals surface area contributed by atoms with Crippen molar-refractivity contribution in [1.82, 2.24) is 9.55 Å². The van der Waals surface area contributed by atoms with Crippen molar-refractivity contribution in [2.24, 2.45) is 5.14 Å². The van der Waals surface area contributed by atoms with E-state index in [9.17, 15) is 8.42 Å². The van der Waals surface area contributed by atoms with E-state index in [1.54, 1.807) is 4.57 Å². The zero-order valence-electron chi connectivity index (χ0n) is 12.5. The van der Waals surface area contributed by atoms with E-state index in [1.165, 1.54) is 12.1 Å². The van der Waals surface area contributed by atoms with Gasteiger partial charge in [-0.25, -0.2) is 18.5 Å². The zero-order chi connectivity index (χ0) is 16.9. The molecule has 8 heteroatoms. The summed E-state index contributed by atoms with van der Waals surface area (Å²) < 4.78 is 25.1. The molecule has 23 heavy (non-hydrogen) atoms. The highest BCUT2D eigenvalue weighted by atomic mass is 35.5. The third-order valence-electron chi connectivity index (χ3n) is 3.70. The first kappa shape index (κ1) is 15.8. The van der Waals surface area contributed by atoms with E-state index in [4.69, 9.17) is 22.5 Å². The molecule has 0 saturated carbocycles. The van der Waals surface area contributed by atoms with Crippen molar-refractivity contribution in [2.75, 3.05) is 5.73 Å². The van der Waals surface area contributed by atoms with Gasteiger partial charge in [0.1, 0.15) is 4.90 Å². The summed E-state index contributed by atoms with van der Waals surface area (Å²) in [4.78, 5) is 4.12. The Hall–Kier alpha value is -2.09. The second kappa shape index (κ2) is 5.23. The molecule has 0 atom stereocenters. The lowest BCUT2D eigenvalue weighted by atomic mass is 10.1. The third-order valence-corrected chi connectivity index (χ3v) is 5.08. The first-order valence-electron chi connectivity index (χ1n) is 6.77. The highest BCUT2D eigenvalue weighted by molar-refractivity contribution is 7.89. The van der Waals surface area contributed by atoms with Gasteiger partial charge >= 0.3 is 0 Å². The molecule has 1 aromatic heterocycles. The maximum atomic E-state index is 11.7. The molecule has 3 aromatic rings. The summed E-state index contributed by atoms with van der Waals surface area (Å²) in [6.45, 7) is 3.90. The van der Waals surface area contributed by atoms with Crippen LogP contribution in [0.25, 0.3) is 16.7 Å². The van der Waals surface area contributed by atoms with E-state index >= 15 is 0 Å². The molecule has 0 aliphatic heterocycles. The minimum atomic E-state index is -3.95. The van der Waals surface area contributed by atoms with Crippen LogP contribution in [0.5, 0.6) is 0 Å². The maximum absolute atomic E-state index is 11.7. The van der Waals surface area contributed by atoms with E-state index in [2.05, 4.69) is 4.98 Å². The molecule has 1 heterocycles. The van der Waals surface area contributed by atoms with Crippen LogP contribution in [0, 0.1) is 13.8 Å². The SMILES string of the molecule is Cc1cccc(C)c1-n1c(N)nc2cc(Cl)c(S(N)(=O)=O)cc21. The Balaban J connectivity index is 2.45. The summed E-state index contributed by atoms with van der Waals surface area (Å²) in [6.07, 6.45) is 0. The number of nitrogen functional groups attached to an aromatic ring is 1. The molecule has 0 spiro atoms. The molecule has 4 N–H and O–H groups in total. The Morgan fingerprint density at radius 1 is 1.17 bits per heavy atom. The molecule has 0 fully saturated rings. The van der Waals surface area contributed by atoms with Gasteiger partial charge < -0.3 is 5.73 Å². The van der Waals surface area contributed by atoms with Crippen molar-refractivity contribution < 1.29 is 8.42 Å². The number of sulfonamides is 1. The molecule has 3 rings (SSSR count). The molecule has 0 amide bonds. The van der Waals surface area contributed by atoms with E-state index < -0.39 is 10.0 Å². The molecule has 0 saturated heterocycles. The number of benzene rings is 2. The van der Waals surface area contributed by atoms with Crippen LogP contribution in [0.4, 0.5) is 5.95 Å². The Bertz CT molecular complexity index is 1020. The van der Waals surface area contributed by atoms with Crippen molar-refractivity contribution in [3.05, 3.63) is 46.5 Å². The van der Waals surface area contributed by atoms with E-state index in [-0.39, 0.29) is 15.9 Å². The topological polar surface area (TPSA) is 104 Å². The van der Waals surface area contributed by atoms with Crippen LogP contribution in [0.1, 0.15) is 11.1 Å². The van der Waals surface area contributed by atoms with Gasteiger partial charge in [-0.2, -0.15) is 0 Å². The van der Waals surface area contributed by atoms with Crippen molar-refractivity contribution in [3.8, 4) is 5.69 Å². The Morgan fingerprint density at radius 2 is 1.78 bits per heavy atom. The lowest BCUT2D eigenvalue weighted by molar-refractivity contribution is 0.598. The molecule has 120 valence electrons. The quantitative estimate of drug-likeness (QED) is 0.740. The van der Waals surface area contributed by atoms with Crippen LogP contribution in [0.2, 0.25) is 5.02 Å². The molecule has 2 aromatic carbocycles. The molecule has 0 unspecified atom stereocenters. The average molecular weight is 351 g/mol. The van der Waals surface area contributed by atoms with E-state index in [0.717, 1.165) is 16.8 Å². The highest BCUT2D eigenvalue weighted by Crippen LogP contribution is 2.32. The fourth-order valence-electron chi connectivity index (χ4n) is 2.71. The van der Waals surface area contributed by atoms with Crippen molar-refractivity contribution in [3.63, 3.8) is 0 Å². The van der Waals surface area contributed by atoms with Gasteiger partial charge in [0, 0.05) is 0 Å². The minimum Gasteiger partial charge on any atom is -0.369 e. The second-order valence-corrected chi connectivity index (χ2v) is 7.30. The average Bonchev–Trinajstić information content (AvgIpc) is 2.72. The Morgan fingerprint density at radius 3 is 2.35 bits per heavy atom. The largest absolute Gasteiger partial charge is 0.369 e. The van der Waals surface area contributed by atoms with Gasteiger partial charge in [0.25, 0.3) is 0 Å². The fourth-order valence-corrected chi connectivity index (χ4v) is 3.80. The maximum Gasteiger partial charge on any atom is 0.239 e. The van der Waals surface area contributed by atoms with Gasteiger partial charge in [-0.05, 0) is 37.1 Å². The number of anilines is 1. The summed E-state index contributed by atoms with van der Waals surface area (Å²) in [6, 6.07) is 8.70. The van der Waals surface area contributed by atoms with Gasteiger partial charge in [0.2, 0.25) is 16.0 Å². The minimum absolute atomic E-state index is 0.0196. The number of fused-ring (bicyclic) bond motifs is 1. The van der Waals surface area contributed by atoms with Gasteiger partial charge in [0.15, 0.2) is 0 Å². The van der Waals surface area contributed by atoms with Gasteiger partial charge in [-0.15, -0.1) is 0 Å². The van der Waals surface area contributed by atoms with Crippen LogP contribution in [-0.2, 0) is 10.0 Å². The lowest BCUT2D eigenvalue weighted by Crippen LogP contribution is -2.13. The van der Waals surface area contributed by atoms with E-state index in [1.807, 2.05) is 32.0 Å². The number of aromatic nitrogens is 2. The Labute approximate surface area is 138 Å². The number of hydrogen-bond acceptors (Lipinski definition) is 4. The number of primary sulfonamides is 1. The predicted octanol–water partition coefficient (Wildman–Crippen LogP) is 2.53. The lowest BCUT2D eigenvalue weighted by Gasteiger charge is -2.13. The smallest absolute Gasteiger partial charge is 0.239 e. The van der Waals surface area contributed by atoms with Gasteiger partial charge in [-0.3, -0.25) is 4.57 Å². The van der Waals surface area contributed by atoms with Crippen molar-refractivity contribution in [2.45, 2.75) is 18.7 Å². The first-order valence-corrected chi connectivity index (χ1v) is 8.69. The zero-order valence-corrected chi connectivity index (χ0v) is 14.1. The molecular weight excluding hydrogens is 336 g/mol. The molecule has 0 aliphatic carbocycles. The number of aryl methyl sites for hydroxylation is 2. The number of nitrogens with zero attached hydrogens (tertiary/aromatic N) is 2. The van der Waals surface area contributed by atoms with Crippen LogP contribution >= 0.6 is 11.6 Å². The van der Waals surface area contributed by atoms with Crippen molar-refractivity contribution in [1.29, 1.82) is 0 Å². The number of nitrogens with two attached hydrogens (primary N) is 2. The number of para-hydroxylation sites is 1. The normalized spacial score (nSPS) is 12.0. The van der Waals surface area contributed by atoms with Crippen LogP contribution in [-0.4, -0.2) is 18.0 Å². The summed E-state index contributed by atoms with van der Waals surface area (Å²) in [5, 5.41) is 5.25. The van der Waals surface area contributed by atoms with Crippen molar-refractivity contribution >= 4 is 38.6 Å². The monoisotopic (exact) mass is 350 g/mol. The van der Waals surface area contributed by atoms with Gasteiger partial charge in [0.05, 0.1) is 21.7 Å². The summed E-state index contributed by atoms with van der Waals surface area (Å²) in [7, 11) is -3.95. The molecule has 6 nitrogen and oxygen atoms in total. The third kappa shape index (κ3) is 2.56. The first-order chi connectivity index (χ1) is 10.7. The highest BCUT2D eigenvalue weighted by Gasteiger charge is 2.20. The number of imidazole rings is 1.